The van der Waals surface area contributed by atoms with Gasteiger partial charge in [0.2, 0.25) is 0 Å². The van der Waals surface area contributed by atoms with E-state index in [1.807, 2.05) is 0 Å². The van der Waals surface area contributed by atoms with Crippen LogP contribution in [0.5, 0.6) is 0 Å². The second kappa shape index (κ2) is 49.5. The number of allylic oxidation sites excluding steroid dienone is 6. The molecule has 1 N–H and O–H groups in total. The first-order chi connectivity index (χ1) is 28.6. The second-order valence-electron chi connectivity index (χ2n) is 17.2. The number of carbonyl (C=O) groups is 2. The number of ether oxygens (including phenoxy) is 2. The lowest BCUT2D eigenvalue weighted by Gasteiger charge is -2.15. The molecule has 0 aromatic rings. The number of hydrogen-bond acceptors (Lipinski definition) is 5. The van der Waals surface area contributed by atoms with Crippen LogP contribution in [0.2, 0.25) is 0 Å². The van der Waals surface area contributed by atoms with E-state index in [9.17, 15) is 14.7 Å². The third-order valence-electron chi connectivity index (χ3n) is 11.4. The third kappa shape index (κ3) is 46.8. The summed E-state index contributed by atoms with van der Waals surface area (Å²) in [6.07, 6.45) is 62.7. The lowest BCUT2D eigenvalue weighted by atomic mass is 10.0. The summed E-state index contributed by atoms with van der Waals surface area (Å²) in [7, 11) is 0. The molecule has 0 amide bonds. The van der Waals surface area contributed by atoms with Crippen LogP contribution in [-0.4, -0.2) is 36.4 Å². The van der Waals surface area contributed by atoms with E-state index < -0.39 is 6.10 Å². The van der Waals surface area contributed by atoms with Crippen molar-refractivity contribution < 1.29 is 24.2 Å². The molecule has 0 saturated carbocycles. The molecule has 5 heteroatoms. The molecular formula is C53H98O5. The molecule has 0 rings (SSSR count). The monoisotopic (exact) mass is 815 g/mol. The summed E-state index contributed by atoms with van der Waals surface area (Å²) in [5.41, 5.74) is 0. The molecule has 0 aromatic heterocycles. The Balaban J connectivity index is 3.40. The van der Waals surface area contributed by atoms with Crippen LogP contribution >= 0.6 is 0 Å². The van der Waals surface area contributed by atoms with Crippen molar-refractivity contribution in [1.29, 1.82) is 0 Å². The minimum atomic E-state index is -0.784. The fourth-order valence-electron chi connectivity index (χ4n) is 7.63. The van der Waals surface area contributed by atoms with Gasteiger partial charge in [0.25, 0.3) is 0 Å². The van der Waals surface area contributed by atoms with E-state index >= 15 is 0 Å². The van der Waals surface area contributed by atoms with E-state index in [0.717, 1.165) is 64.2 Å². The first kappa shape index (κ1) is 56.1. The van der Waals surface area contributed by atoms with Gasteiger partial charge in [0, 0.05) is 12.8 Å². The summed E-state index contributed by atoms with van der Waals surface area (Å²) >= 11 is 0. The van der Waals surface area contributed by atoms with E-state index in [4.69, 9.17) is 9.47 Å². The minimum absolute atomic E-state index is 0.0746. The van der Waals surface area contributed by atoms with Gasteiger partial charge in [0.1, 0.15) is 6.61 Å². The summed E-state index contributed by atoms with van der Waals surface area (Å²) in [6.45, 7) is 4.03. The highest BCUT2D eigenvalue weighted by atomic mass is 16.6. The maximum absolute atomic E-state index is 12.2. The van der Waals surface area contributed by atoms with Crippen LogP contribution < -0.4 is 0 Å². The summed E-state index contributed by atoms with van der Waals surface area (Å²) < 4.78 is 10.6. The third-order valence-corrected chi connectivity index (χ3v) is 11.4. The van der Waals surface area contributed by atoms with Crippen LogP contribution in [0, 0.1) is 0 Å². The lowest BCUT2D eigenvalue weighted by molar-refractivity contribution is -0.161. The topological polar surface area (TPSA) is 72.8 Å². The molecule has 0 aromatic carbocycles. The molecule has 0 fully saturated rings. The predicted octanol–water partition coefficient (Wildman–Crippen LogP) is 16.7. The summed E-state index contributed by atoms with van der Waals surface area (Å²) in [6, 6.07) is 0. The van der Waals surface area contributed by atoms with Gasteiger partial charge in [0.15, 0.2) is 6.10 Å². The number of unbranched alkanes of at least 4 members (excludes halogenated alkanes) is 33. The van der Waals surface area contributed by atoms with Gasteiger partial charge in [-0.1, -0.05) is 249 Å². The van der Waals surface area contributed by atoms with Gasteiger partial charge in [-0.05, 0) is 44.9 Å². The van der Waals surface area contributed by atoms with E-state index in [0.29, 0.717) is 12.8 Å². The van der Waals surface area contributed by atoms with E-state index in [1.165, 1.54) is 180 Å². The van der Waals surface area contributed by atoms with Crippen LogP contribution in [0.4, 0.5) is 0 Å². The molecule has 0 saturated heterocycles. The zero-order valence-electron chi connectivity index (χ0n) is 38.8. The molecule has 0 heterocycles. The van der Waals surface area contributed by atoms with Gasteiger partial charge in [-0.3, -0.25) is 9.59 Å². The molecule has 340 valence electrons. The zero-order chi connectivity index (χ0) is 42.1. The SMILES string of the molecule is CC/C=C\C/C=C\C/C=C\CCCCCC(=O)OC(CO)COC(=O)CCCCCCCCCCCCCCCCCCCCCCCCCCCCCCCCC. The Morgan fingerprint density at radius 2 is 0.741 bits per heavy atom. The Bertz CT molecular complexity index is 924. The quantitative estimate of drug-likeness (QED) is 0.0376. The number of hydrogen-bond donors (Lipinski definition) is 1. The van der Waals surface area contributed by atoms with Crippen molar-refractivity contribution >= 4 is 11.9 Å². The Morgan fingerprint density at radius 3 is 1.12 bits per heavy atom. The van der Waals surface area contributed by atoms with Crippen molar-refractivity contribution in [2.45, 2.75) is 277 Å². The van der Waals surface area contributed by atoms with E-state index in [-0.39, 0.29) is 25.2 Å². The van der Waals surface area contributed by atoms with Gasteiger partial charge in [0.05, 0.1) is 6.61 Å². The van der Waals surface area contributed by atoms with Gasteiger partial charge >= 0.3 is 11.9 Å². The van der Waals surface area contributed by atoms with Crippen molar-refractivity contribution in [2.75, 3.05) is 13.2 Å². The molecule has 0 aliphatic rings. The highest BCUT2D eigenvalue weighted by Gasteiger charge is 2.16. The minimum Gasteiger partial charge on any atom is -0.462 e. The summed E-state index contributed by atoms with van der Waals surface area (Å²) in [4.78, 5) is 24.3. The fraction of sp³-hybridized carbons (Fsp3) is 0.849. The fourth-order valence-corrected chi connectivity index (χ4v) is 7.63. The first-order valence-electron chi connectivity index (χ1n) is 25.5. The second-order valence-corrected chi connectivity index (χ2v) is 17.2. The number of aliphatic hydroxyl groups excluding tert-OH is 1. The number of rotatable bonds is 47. The van der Waals surface area contributed by atoms with Crippen molar-refractivity contribution in [1.82, 2.24) is 0 Å². The molecular weight excluding hydrogens is 717 g/mol. The Labute approximate surface area is 361 Å². The maximum Gasteiger partial charge on any atom is 0.306 e. The largest absolute Gasteiger partial charge is 0.462 e. The van der Waals surface area contributed by atoms with Crippen LogP contribution in [0.25, 0.3) is 0 Å². The first-order valence-corrected chi connectivity index (χ1v) is 25.5. The number of carbonyl (C=O) groups excluding carboxylic acids is 2. The predicted molar refractivity (Wildman–Crippen MR) is 251 cm³/mol. The van der Waals surface area contributed by atoms with Crippen molar-refractivity contribution in [2.24, 2.45) is 0 Å². The molecule has 0 radical (unpaired) electrons. The molecule has 0 aliphatic carbocycles. The average molecular weight is 815 g/mol. The van der Waals surface area contributed by atoms with Crippen LogP contribution in [0.1, 0.15) is 271 Å². The van der Waals surface area contributed by atoms with Crippen LogP contribution in [-0.2, 0) is 19.1 Å². The van der Waals surface area contributed by atoms with Crippen molar-refractivity contribution in [3.8, 4) is 0 Å². The van der Waals surface area contributed by atoms with Gasteiger partial charge < -0.3 is 14.6 Å². The molecule has 0 aliphatic heterocycles. The number of aliphatic hydroxyl groups is 1. The standard InChI is InChI=1S/C53H98O5/c1-3-5-7-9-11-13-15-17-18-19-20-21-22-23-24-25-26-27-28-29-30-31-32-33-34-36-37-39-41-43-45-47-52(55)57-50-51(49-54)58-53(56)48-46-44-42-40-38-35-16-14-12-10-8-6-4-2/h6,8,12,14,35,38,51,54H,3-5,7,9-11,13,15-34,36-37,39-50H2,1-2H3/b8-6-,14-12-,38-35-. The van der Waals surface area contributed by atoms with Gasteiger partial charge in [-0.2, -0.15) is 0 Å². The summed E-state index contributed by atoms with van der Waals surface area (Å²) in [5.74, 6) is -0.615. The molecule has 0 bridgehead atoms. The Kier molecular flexibility index (Phi) is 47.9. The summed E-state index contributed by atoms with van der Waals surface area (Å²) in [5, 5.41) is 9.58. The molecule has 1 atom stereocenters. The van der Waals surface area contributed by atoms with Crippen molar-refractivity contribution in [3.05, 3.63) is 36.5 Å². The Hall–Kier alpha value is -1.88. The molecule has 58 heavy (non-hydrogen) atoms. The molecule has 0 spiro atoms. The normalized spacial score (nSPS) is 12.4. The van der Waals surface area contributed by atoms with E-state index in [1.54, 1.807) is 0 Å². The smallest absolute Gasteiger partial charge is 0.306 e. The molecule has 1 unspecified atom stereocenters. The van der Waals surface area contributed by atoms with Crippen LogP contribution in [0.15, 0.2) is 36.5 Å². The zero-order valence-corrected chi connectivity index (χ0v) is 38.8. The van der Waals surface area contributed by atoms with Gasteiger partial charge in [-0.25, -0.2) is 0 Å². The lowest BCUT2D eigenvalue weighted by Crippen LogP contribution is -2.28. The highest BCUT2D eigenvalue weighted by Crippen LogP contribution is 2.17. The average Bonchev–Trinajstić information content (AvgIpc) is 3.23. The molecule has 5 nitrogen and oxygen atoms in total. The maximum atomic E-state index is 12.2. The Morgan fingerprint density at radius 1 is 0.414 bits per heavy atom. The number of esters is 2. The van der Waals surface area contributed by atoms with Gasteiger partial charge in [-0.15, -0.1) is 0 Å². The van der Waals surface area contributed by atoms with Crippen LogP contribution in [0.3, 0.4) is 0 Å². The van der Waals surface area contributed by atoms with E-state index in [2.05, 4.69) is 50.3 Å². The van der Waals surface area contributed by atoms with Crippen molar-refractivity contribution in [3.63, 3.8) is 0 Å². The highest BCUT2D eigenvalue weighted by molar-refractivity contribution is 5.70.